The van der Waals surface area contributed by atoms with Gasteiger partial charge in [0.2, 0.25) is 5.91 Å². The first-order valence-corrected chi connectivity index (χ1v) is 8.10. The summed E-state index contributed by atoms with van der Waals surface area (Å²) in [4.78, 5) is 25.7. The average Bonchev–Trinajstić information content (AvgIpc) is 2.78. The van der Waals surface area contributed by atoms with E-state index in [0.29, 0.717) is 6.42 Å². The third-order valence-corrected chi connectivity index (χ3v) is 4.07. The van der Waals surface area contributed by atoms with E-state index < -0.39 is 29.4 Å². The van der Waals surface area contributed by atoms with Crippen LogP contribution in [0.25, 0.3) is 0 Å². The lowest BCUT2D eigenvalue weighted by atomic mass is 10.0. The second-order valence-electron chi connectivity index (χ2n) is 7.67. The minimum atomic E-state index is -0.737. The molecular weight excluding hydrogens is 300 g/mol. The van der Waals surface area contributed by atoms with Crippen LogP contribution in [0.1, 0.15) is 54.4 Å². The Kier molecular flexibility index (Phi) is 4.65. The summed E-state index contributed by atoms with van der Waals surface area (Å²) >= 11 is 0. The van der Waals surface area contributed by atoms with E-state index in [4.69, 9.17) is 19.9 Å². The van der Waals surface area contributed by atoms with E-state index in [-0.39, 0.29) is 24.7 Å². The Bertz CT molecular complexity index is 485. The predicted molar refractivity (Wildman–Crippen MR) is 83.6 cm³/mol. The number of hydrogen-bond acceptors (Lipinski definition) is 5. The predicted octanol–water partition coefficient (Wildman–Crippen LogP) is 1.78. The van der Waals surface area contributed by atoms with Gasteiger partial charge < -0.3 is 19.9 Å². The summed E-state index contributed by atoms with van der Waals surface area (Å²) in [5.41, 5.74) is 4.77. The Morgan fingerprint density at radius 3 is 2.13 bits per heavy atom. The zero-order valence-corrected chi connectivity index (χ0v) is 14.8. The van der Waals surface area contributed by atoms with Crippen LogP contribution < -0.4 is 5.73 Å². The average molecular weight is 328 g/mol. The van der Waals surface area contributed by atoms with Crippen LogP contribution >= 0.6 is 0 Å². The zero-order chi connectivity index (χ0) is 17.6. The van der Waals surface area contributed by atoms with Crippen molar-refractivity contribution in [3.63, 3.8) is 0 Å². The third kappa shape index (κ3) is 3.77. The van der Waals surface area contributed by atoms with Crippen molar-refractivity contribution in [3.8, 4) is 0 Å². The van der Waals surface area contributed by atoms with Crippen molar-refractivity contribution < 1.29 is 23.8 Å². The van der Waals surface area contributed by atoms with Gasteiger partial charge in [0.15, 0.2) is 5.79 Å². The number of likely N-dealkylation sites (tertiary alicyclic amines) is 1. The Balaban J connectivity index is 2.31. The minimum Gasteiger partial charge on any atom is -0.444 e. The van der Waals surface area contributed by atoms with E-state index in [1.165, 1.54) is 0 Å². The molecule has 2 aliphatic rings. The molecule has 132 valence electrons. The molecule has 23 heavy (non-hydrogen) atoms. The fraction of sp³-hybridized carbons (Fsp3) is 0.875. The molecule has 0 unspecified atom stereocenters. The van der Waals surface area contributed by atoms with E-state index in [9.17, 15) is 9.59 Å². The van der Waals surface area contributed by atoms with Gasteiger partial charge >= 0.3 is 6.09 Å². The van der Waals surface area contributed by atoms with Crippen LogP contribution in [-0.4, -0.2) is 52.6 Å². The molecule has 4 atom stereocenters. The number of carbonyl (C=O) groups is 2. The van der Waals surface area contributed by atoms with Gasteiger partial charge in [-0.2, -0.15) is 0 Å². The molecule has 0 aromatic heterocycles. The van der Waals surface area contributed by atoms with Gasteiger partial charge in [-0.3, -0.25) is 9.69 Å². The van der Waals surface area contributed by atoms with Crippen molar-refractivity contribution in [3.05, 3.63) is 0 Å². The second kappa shape index (κ2) is 5.94. The van der Waals surface area contributed by atoms with Crippen molar-refractivity contribution in [2.45, 2.75) is 90.1 Å². The van der Waals surface area contributed by atoms with Gasteiger partial charge in [0.05, 0.1) is 12.1 Å². The van der Waals surface area contributed by atoms with Crippen LogP contribution in [0.15, 0.2) is 0 Å². The molecule has 0 aliphatic carbocycles. The van der Waals surface area contributed by atoms with Gasteiger partial charge in [-0.1, -0.05) is 6.92 Å². The number of primary amides is 1. The first-order chi connectivity index (χ1) is 10.4. The lowest BCUT2D eigenvalue weighted by Crippen LogP contribution is -2.49. The van der Waals surface area contributed by atoms with Crippen molar-refractivity contribution >= 4 is 12.0 Å². The van der Waals surface area contributed by atoms with Crippen LogP contribution in [0.2, 0.25) is 0 Å². The monoisotopic (exact) mass is 328 g/mol. The summed E-state index contributed by atoms with van der Waals surface area (Å²) in [5, 5.41) is 0. The van der Waals surface area contributed by atoms with Crippen molar-refractivity contribution in [1.29, 1.82) is 0 Å². The first kappa shape index (κ1) is 18.0. The van der Waals surface area contributed by atoms with Gasteiger partial charge in [0, 0.05) is 6.42 Å². The second-order valence-corrected chi connectivity index (χ2v) is 7.67. The molecule has 2 amide bonds. The normalized spacial score (nSPS) is 32.7. The number of rotatable bonds is 3. The number of hydrogen-bond donors (Lipinski definition) is 1. The number of amides is 2. The summed E-state index contributed by atoms with van der Waals surface area (Å²) in [5.74, 6) is -1.22. The molecule has 0 radical (unpaired) electrons. The molecule has 2 aliphatic heterocycles. The highest BCUT2D eigenvalue weighted by Gasteiger charge is 2.59. The summed E-state index contributed by atoms with van der Waals surface area (Å²) in [7, 11) is 0. The van der Waals surface area contributed by atoms with Gasteiger partial charge in [-0.15, -0.1) is 0 Å². The quantitative estimate of drug-likeness (QED) is 0.852. The van der Waals surface area contributed by atoms with Crippen molar-refractivity contribution in [2.75, 3.05) is 0 Å². The van der Waals surface area contributed by atoms with Crippen LogP contribution in [0.5, 0.6) is 0 Å². The molecule has 2 heterocycles. The Morgan fingerprint density at radius 2 is 1.70 bits per heavy atom. The molecule has 7 heteroatoms. The number of ether oxygens (including phenoxy) is 3. The highest BCUT2D eigenvalue weighted by atomic mass is 16.8. The fourth-order valence-electron chi connectivity index (χ4n) is 3.41. The van der Waals surface area contributed by atoms with Crippen LogP contribution in [-0.2, 0) is 19.0 Å². The standard InChI is InChI=1S/C16H28N2O5/c1-7-9-12-13(22-16(5,6)21-12)10(8-11(17)19)18(9)14(20)23-15(2,3)4/h9-10,12-13H,7-8H2,1-6H3,(H2,17,19)/t9-,10+,12-,13+/m1/s1. The van der Waals surface area contributed by atoms with Crippen LogP contribution in [0, 0.1) is 0 Å². The van der Waals surface area contributed by atoms with E-state index >= 15 is 0 Å². The molecular formula is C16H28N2O5. The zero-order valence-electron chi connectivity index (χ0n) is 14.8. The largest absolute Gasteiger partial charge is 0.444 e. The molecule has 2 N–H and O–H groups in total. The minimum absolute atomic E-state index is 0.0242. The van der Waals surface area contributed by atoms with Crippen molar-refractivity contribution in [2.24, 2.45) is 5.73 Å². The summed E-state index contributed by atoms with van der Waals surface area (Å²) in [6, 6.07) is -0.681. The van der Waals surface area contributed by atoms with E-state index in [2.05, 4.69) is 0 Å². The summed E-state index contributed by atoms with van der Waals surface area (Å²) in [6.07, 6.45) is -0.428. The lowest BCUT2D eigenvalue weighted by Gasteiger charge is -2.34. The van der Waals surface area contributed by atoms with E-state index in [1.807, 2.05) is 41.5 Å². The highest BCUT2D eigenvalue weighted by molar-refractivity contribution is 5.77. The number of nitrogens with zero attached hydrogens (tertiary/aromatic N) is 1. The number of nitrogens with two attached hydrogens (primary N) is 1. The molecule has 0 bridgehead atoms. The smallest absolute Gasteiger partial charge is 0.410 e. The summed E-state index contributed by atoms with van der Waals surface area (Å²) < 4.78 is 17.4. The topological polar surface area (TPSA) is 91.1 Å². The lowest BCUT2D eigenvalue weighted by molar-refractivity contribution is -0.167. The third-order valence-electron chi connectivity index (χ3n) is 4.07. The molecule has 2 fully saturated rings. The molecule has 2 saturated heterocycles. The Hall–Kier alpha value is -1.34. The number of fused-ring (bicyclic) bond motifs is 1. The maximum Gasteiger partial charge on any atom is 0.410 e. The molecule has 0 spiro atoms. The Morgan fingerprint density at radius 1 is 1.17 bits per heavy atom. The van der Waals surface area contributed by atoms with Gasteiger partial charge in [-0.05, 0) is 41.0 Å². The maximum absolute atomic E-state index is 12.7. The number of carbonyl (C=O) groups excluding carboxylic acids is 2. The fourth-order valence-corrected chi connectivity index (χ4v) is 3.41. The van der Waals surface area contributed by atoms with E-state index in [1.54, 1.807) is 4.90 Å². The molecule has 0 aromatic carbocycles. The molecule has 7 nitrogen and oxygen atoms in total. The van der Waals surface area contributed by atoms with Gasteiger partial charge in [0.1, 0.15) is 17.8 Å². The molecule has 2 rings (SSSR count). The van der Waals surface area contributed by atoms with Gasteiger partial charge in [-0.25, -0.2) is 4.79 Å². The van der Waals surface area contributed by atoms with E-state index in [0.717, 1.165) is 0 Å². The van der Waals surface area contributed by atoms with Crippen molar-refractivity contribution in [1.82, 2.24) is 4.90 Å². The van der Waals surface area contributed by atoms with Crippen LogP contribution in [0.3, 0.4) is 0 Å². The maximum atomic E-state index is 12.7. The SMILES string of the molecule is CC[C@@H]1[C@H]2OC(C)(C)O[C@H]2[C@H](CC(N)=O)N1C(=O)OC(C)(C)C. The van der Waals surface area contributed by atoms with Crippen LogP contribution in [0.4, 0.5) is 4.79 Å². The first-order valence-electron chi connectivity index (χ1n) is 8.10. The molecule has 0 saturated carbocycles. The Labute approximate surface area is 137 Å². The summed E-state index contributed by atoms with van der Waals surface area (Å²) in [6.45, 7) is 11.1. The molecule has 0 aromatic rings. The van der Waals surface area contributed by atoms with Gasteiger partial charge in [0.25, 0.3) is 0 Å². The highest BCUT2D eigenvalue weighted by Crippen LogP contribution is 2.42.